The minimum absolute atomic E-state index is 0.809. The van der Waals surface area contributed by atoms with Gasteiger partial charge < -0.3 is 5.32 Å². The molecular formula is C20H23N. The second-order valence-electron chi connectivity index (χ2n) is 5.85. The van der Waals surface area contributed by atoms with E-state index in [4.69, 9.17) is 0 Å². The molecule has 108 valence electrons. The predicted octanol–water partition coefficient (Wildman–Crippen LogP) is 4.90. The van der Waals surface area contributed by atoms with Crippen molar-refractivity contribution in [3.63, 3.8) is 0 Å². The predicted molar refractivity (Wildman–Crippen MR) is 91.2 cm³/mol. The Morgan fingerprint density at radius 2 is 1.67 bits per heavy atom. The number of hydrogen-bond donors (Lipinski definition) is 1. The van der Waals surface area contributed by atoms with Crippen molar-refractivity contribution in [2.45, 2.75) is 32.2 Å². The monoisotopic (exact) mass is 277 g/mol. The molecule has 0 amide bonds. The zero-order chi connectivity index (χ0) is 14.5. The second-order valence-corrected chi connectivity index (χ2v) is 5.85. The molecule has 0 aliphatic heterocycles. The van der Waals surface area contributed by atoms with Gasteiger partial charge in [-0.05, 0) is 55.0 Å². The van der Waals surface area contributed by atoms with Crippen LogP contribution in [0.15, 0.2) is 60.7 Å². The summed E-state index contributed by atoms with van der Waals surface area (Å²) in [5.74, 6) is 0. The van der Waals surface area contributed by atoms with Crippen molar-refractivity contribution in [3.8, 4) is 11.1 Å². The van der Waals surface area contributed by atoms with Gasteiger partial charge in [0.25, 0.3) is 0 Å². The lowest BCUT2D eigenvalue weighted by molar-refractivity contribution is 0.690. The summed E-state index contributed by atoms with van der Waals surface area (Å²) in [6.07, 6.45) is 6.18. The lowest BCUT2D eigenvalue weighted by atomic mass is 10.0. The van der Waals surface area contributed by atoms with E-state index in [0.717, 1.165) is 19.0 Å². The van der Waals surface area contributed by atoms with E-state index in [1.165, 1.54) is 35.1 Å². The van der Waals surface area contributed by atoms with Gasteiger partial charge in [0, 0.05) is 6.04 Å². The molecule has 0 aromatic heterocycles. The van der Waals surface area contributed by atoms with Crippen LogP contribution in [0.4, 0.5) is 0 Å². The average molecular weight is 277 g/mol. The molecule has 0 spiro atoms. The van der Waals surface area contributed by atoms with Crippen LogP contribution >= 0.6 is 0 Å². The summed E-state index contributed by atoms with van der Waals surface area (Å²) >= 11 is 0. The summed E-state index contributed by atoms with van der Waals surface area (Å²) in [4.78, 5) is 0. The number of hydrogen-bond acceptors (Lipinski definition) is 1. The van der Waals surface area contributed by atoms with Crippen LogP contribution in [0.3, 0.4) is 0 Å². The summed E-state index contributed by atoms with van der Waals surface area (Å²) in [5, 5.41) is 3.55. The van der Waals surface area contributed by atoms with E-state index in [1.807, 2.05) is 0 Å². The summed E-state index contributed by atoms with van der Waals surface area (Å²) in [6.45, 7) is 3.30. The van der Waals surface area contributed by atoms with Gasteiger partial charge in [-0.3, -0.25) is 0 Å². The molecule has 1 fully saturated rings. The smallest absolute Gasteiger partial charge is 0.00683 e. The van der Waals surface area contributed by atoms with Crippen LogP contribution in [0.2, 0.25) is 0 Å². The van der Waals surface area contributed by atoms with Crippen LogP contribution in [-0.2, 0) is 0 Å². The molecular weight excluding hydrogens is 254 g/mol. The minimum Gasteiger partial charge on any atom is -0.314 e. The maximum atomic E-state index is 3.55. The number of benzene rings is 2. The van der Waals surface area contributed by atoms with Gasteiger partial charge in [-0.2, -0.15) is 0 Å². The Balaban J connectivity index is 1.61. The number of nitrogens with one attached hydrogen (secondary N) is 1. The van der Waals surface area contributed by atoms with Crippen molar-refractivity contribution in [2.24, 2.45) is 0 Å². The van der Waals surface area contributed by atoms with E-state index in [2.05, 4.69) is 72.9 Å². The Labute approximate surface area is 127 Å². The summed E-state index contributed by atoms with van der Waals surface area (Å²) in [6, 6.07) is 20.2. The zero-order valence-corrected chi connectivity index (χ0v) is 12.7. The van der Waals surface area contributed by atoms with E-state index in [1.54, 1.807) is 0 Å². The molecule has 0 saturated heterocycles. The van der Waals surface area contributed by atoms with Crippen molar-refractivity contribution >= 4 is 5.57 Å². The van der Waals surface area contributed by atoms with Crippen molar-refractivity contribution in [2.75, 3.05) is 6.54 Å². The van der Waals surface area contributed by atoms with E-state index in [-0.39, 0.29) is 0 Å². The molecule has 1 nitrogen and oxygen atoms in total. The Hall–Kier alpha value is -1.86. The Kier molecular flexibility index (Phi) is 4.52. The van der Waals surface area contributed by atoms with E-state index >= 15 is 0 Å². The molecule has 1 saturated carbocycles. The van der Waals surface area contributed by atoms with Gasteiger partial charge in [-0.1, -0.05) is 60.7 Å². The molecule has 0 radical (unpaired) electrons. The molecule has 1 N–H and O–H groups in total. The van der Waals surface area contributed by atoms with Gasteiger partial charge in [0.15, 0.2) is 0 Å². The maximum absolute atomic E-state index is 3.55. The molecule has 3 rings (SSSR count). The van der Waals surface area contributed by atoms with Crippen molar-refractivity contribution in [1.82, 2.24) is 5.32 Å². The quantitative estimate of drug-likeness (QED) is 0.741. The van der Waals surface area contributed by atoms with Crippen LogP contribution in [0.25, 0.3) is 16.7 Å². The van der Waals surface area contributed by atoms with Crippen molar-refractivity contribution < 1.29 is 0 Å². The molecule has 1 heteroatoms. The van der Waals surface area contributed by atoms with Crippen LogP contribution in [0, 0.1) is 0 Å². The lowest BCUT2D eigenvalue weighted by Crippen LogP contribution is -2.16. The molecule has 0 bridgehead atoms. The second kappa shape index (κ2) is 6.73. The first-order valence-corrected chi connectivity index (χ1v) is 7.89. The topological polar surface area (TPSA) is 12.0 Å². The van der Waals surface area contributed by atoms with Crippen molar-refractivity contribution in [3.05, 3.63) is 66.2 Å². The van der Waals surface area contributed by atoms with Gasteiger partial charge in [0.1, 0.15) is 0 Å². The normalized spacial score (nSPS) is 15.2. The fraction of sp³-hybridized carbons (Fsp3) is 0.300. The molecule has 1 aliphatic rings. The van der Waals surface area contributed by atoms with Crippen LogP contribution in [-0.4, -0.2) is 12.6 Å². The highest BCUT2D eigenvalue weighted by Gasteiger charge is 2.19. The zero-order valence-electron chi connectivity index (χ0n) is 12.7. The Morgan fingerprint density at radius 1 is 1.00 bits per heavy atom. The van der Waals surface area contributed by atoms with Crippen LogP contribution < -0.4 is 5.32 Å². The molecule has 2 aromatic rings. The fourth-order valence-corrected chi connectivity index (χ4v) is 2.54. The SMILES string of the molecule is CC(=CCCNC1CC1)c1ccc(-c2ccccc2)cc1. The number of rotatable bonds is 6. The summed E-state index contributed by atoms with van der Waals surface area (Å²) in [7, 11) is 0. The molecule has 1 aliphatic carbocycles. The highest BCUT2D eigenvalue weighted by Crippen LogP contribution is 2.22. The van der Waals surface area contributed by atoms with Crippen LogP contribution in [0.1, 0.15) is 31.7 Å². The van der Waals surface area contributed by atoms with E-state index in [0.29, 0.717) is 0 Å². The third-order valence-corrected chi connectivity index (χ3v) is 4.05. The molecule has 0 heterocycles. The van der Waals surface area contributed by atoms with Gasteiger partial charge in [-0.25, -0.2) is 0 Å². The highest BCUT2D eigenvalue weighted by atomic mass is 14.9. The molecule has 2 aromatic carbocycles. The molecule has 0 unspecified atom stereocenters. The lowest BCUT2D eigenvalue weighted by Gasteiger charge is -2.06. The summed E-state index contributed by atoms with van der Waals surface area (Å²) in [5.41, 5.74) is 5.25. The average Bonchev–Trinajstić information content (AvgIpc) is 3.37. The molecule has 21 heavy (non-hydrogen) atoms. The van der Waals surface area contributed by atoms with Gasteiger partial charge in [0.2, 0.25) is 0 Å². The van der Waals surface area contributed by atoms with E-state index < -0.39 is 0 Å². The highest BCUT2D eigenvalue weighted by molar-refractivity contribution is 5.69. The van der Waals surface area contributed by atoms with Crippen molar-refractivity contribution in [1.29, 1.82) is 0 Å². The fourth-order valence-electron chi connectivity index (χ4n) is 2.54. The standard InChI is InChI=1S/C20H23N/c1-16(6-5-15-21-20-13-14-20)17-9-11-19(12-10-17)18-7-3-2-4-8-18/h2-4,6-12,20-21H,5,13-15H2,1H3. The minimum atomic E-state index is 0.809. The first-order valence-electron chi connectivity index (χ1n) is 7.89. The van der Waals surface area contributed by atoms with Crippen LogP contribution in [0.5, 0.6) is 0 Å². The Bertz CT molecular complexity index is 591. The molecule has 0 atom stereocenters. The first kappa shape index (κ1) is 14.1. The third-order valence-electron chi connectivity index (χ3n) is 4.05. The summed E-state index contributed by atoms with van der Waals surface area (Å²) < 4.78 is 0. The van der Waals surface area contributed by atoms with E-state index in [9.17, 15) is 0 Å². The third kappa shape index (κ3) is 4.05. The number of allylic oxidation sites excluding steroid dienone is 1. The maximum Gasteiger partial charge on any atom is 0.00683 e. The van der Waals surface area contributed by atoms with Gasteiger partial charge in [0.05, 0.1) is 0 Å². The van der Waals surface area contributed by atoms with Gasteiger partial charge >= 0.3 is 0 Å². The largest absolute Gasteiger partial charge is 0.314 e. The van der Waals surface area contributed by atoms with Gasteiger partial charge in [-0.15, -0.1) is 0 Å². The first-order chi connectivity index (χ1) is 10.3. The Morgan fingerprint density at radius 3 is 2.33 bits per heavy atom.